The summed E-state index contributed by atoms with van der Waals surface area (Å²) in [7, 11) is 0. The number of halogens is 2. The molecule has 4 aliphatic rings. The predicted molar refractivity (Wildman–Crippen MR) is 265 cm³/mol. The molecule has 0 saturated heterocycles. The number of fused-ring (bicyclic) bond motifs is 20. The third kappa shape index (κ3) is 4.49. The zero-order valence-corrected chi connectivity index (χ0v) is 36.1. The quantitative estimate of drug-likeness (QED) is 0.166. The van der Waals surface area contributed by atoms with Crippen LogP contribution >= 0.6 is 23.2 Å². The van der Waals surface area contributed by atoms with Gasteiger partial charge in [0, 0.05) is 10.0 Å². The molecule has 0 aliphatic heterocycles. The lowest BCUT2D eigenvalue weighted by Gasteiger charge is -2.31. The molecule has 2 spiro atoms. The van der Waals surface area contributed by atoms with E-state index in [1.165, 1.54) is 122 Å². The van der Waals surface area contributed by atoms with E-state index >= 15 is 0 Å². The molecular formula is C62H36Cl2. The van der Waals surface area contributed by atoms with Crippen molar-refractivity contribution in [3.63, 3.8) is 0 Å². The summed E-state index contributed by atoms with van der Waals surface area (Å²) >= 11 is 13.9. The molecule has 0 amide bonds. The first-order chi connectivity index (χ1) is 31.6. The van der Waals surface area contributed by atoms with Gasteiger partial charge in [-0.1, -0.05) is 217 Å². The Morgan fingerprint density at radius 2 is 0.531 bits per heavy atom. The molecule has 0 radical (unpaired) electrons. The average molecular weight is 852 g/mol. The molecule has 10 aromatic carbocycles. The molecule has 0 N–H and O–H groups in total. The zero-order valence-electron chi connectivity index (χ0n) is 34.5. The van der Waals surface area contributed by atoms with Gasteiger partial charge in [0.05, 0.1) is 10.8 Å². The van der Waals surface area contributed by atoms with Crippen molar-refractivity contribution in [1.29, 1.82) is 0 Å². The smallest absolute Gasteiger partial charge is 0.0726 e. The van der Waals surface area contributed by atoms with Crippen LogP contribution in [0.15, 0.2) is 218 Å². The van der Waals surface area contributed by atoms with Gasteiger partial charge in [0.1, 0.15) is 0 Å². The molecule has 0 nitrogen and oxygen atoms in total. The van der Waals surface area contributed by atoms with Crippen molar-refractivity contribution < 1.29 is 0 Å². The standard InChI is InChI=1S/C62H36Cl2/c63-40-31-33-48-56(35-40)61(50-21-7-4-15-45(50)46-16-5-8-22-51(46)61)53-24-11-20-44(60(48)53)39-29-27-38(28-30-39)43-19-12-25-54-58(43)47-17-6-9-23-52(47)62(54)55-26-10-18-42(37-13-2-1-3-14-37)59(55)49-34-32-41(64)36-57(49)62/h1-36H. The van der Waals surface area contributed by atoms with Crippen molar-refractivity contribution in [3.05, 3.63) is 273 Å². The lowest BCUT2D eigenvalue weighted by Crippen LogP contribution is -2.25. The molecule has 0 saturated carbocycles. The molecule has 0 bridgehead atoms. The maximum absolute atomic E-state index is 6.98. The van der Waals surface area contributed by atoms with Crippen molar-refractivity contribution >= 4 is 23.2 Å². The number of rotatable bonds is 3. The van der Waals surface area contributed by atoms with E-state index in [1.54, 1.807) is 0 Å². The minimum Gasteiger partial charge on any atom is -0.0843 e. The van der Waals surface area contributed by atoms with Crippen LogP contribution in [0, 0.1) is 0 Å². The molecule has 14 rings (SSSR count). The lowest BCUT2D eigenvalue weighted by molar-refractivity contribution is 0.794. The van der Waals surface area contributed by atoms with Gasteiger partial charge >= 0.3 is 0 Å². The van der Waals surface area contributed by atoms with E-state index in [2.05, 4.69) is 206 Å². The van der Waals surface area contributed by atoms with E-state index in [-0.39, 0.29) is 0 Å². The largest absolute Gasteiger partial charge is 0.0843 e. The van der Waals surface area contributed by atoms with E-state index < -0.39 is 10.8 Å². The van der Waals surface area contributed by atoms with Gasteiger partial charge in [-0.15, -0.1) is 0 Å². The van der Waals surface area contributed by atoms with Crippen molar-refractivity contribution in [2.75, 3.05) is 0 Å². The SMILES string of the molecule is Clc1ccc2c(c1)C1(c3ccccc3-c3ccccc31)c1cccc(-c3ccc(-c4cccc5c4-c4ccccc4C54c5cc(Cl)ccc5-c5c(-c6ccccc6)cccc54)cc3)c1-2. The molecule has 1 unspecified atom stereocenters. The fraction of sp³-hybridized carbons (Fsp3) is 0.0323. The monoisotopic (exact) mass is 850 g/mol. The molecular weight excluding hydrogens is 816 g/mol. The second-order valence-corrected chi connectivity index (χ2v) is 18.5. The third-order valence-electron chi connectivity index (χ3n) is 14.9. The summed E-state index contributed by atoms with van der Waals surface area (Å²) in [5.74, 6) is 0. The highest BCUT2D eigenvalue weighted by atomic mass is 35.5. The Kier molecular flexibility index (Phi) is 7.46. The Hall–Kier alpha value is -7.22. The maximum atomic E-state index is 6.98. The normalized spacial score (nSPS) is 15.8. The molecule has 0 fully saturated rings. The Morgan fingerprint density at radius 3 is 0.984 bits per heavy atom. The van der Waals surface area contributed by atoms with Gasteiger partial charge in [-0.25, -0.2) is 0 Å². The summed E-state index contributed by atoms with van der Waals surface area (Å²) in [6, 6.07) is 80.6. The van der Waals surface area contributed by atoms with Crippen molar-refractivity contribution in [3.8, 4) is 77.9 Å². The number of benzene rings is 10. The van der Waals surface area contributed by atoms with Crippen LogP contribution in [0.5, 0.6) is 0 Å². The molecule has 0 heterocycles. The predicted octanol–water partition coefficient (Wildman–Crippen LogP) is 16.7. The van der Waals surface area contributed by atoms with Gasteiger partial charge in [-0.2, -0.15) is 0 Å². The minimum atomic E-state index is -0.531. The summed E-state index contributed by atoms with van der Waals surface area (Å²) in [6.45, 7) is 0. The van der Waals surface area contributed by atoms with E-state index in [1.807, 2.05) is 12.1 Å². The second-order valence-electron chi connectivity index (χ2n) is 17.6. The van der Waals surface area contributed by atoms with Crippen LogP contribution in [0.1, 0.15) is 44.5 Å². The molecule has 10 aromatic rings. The lowest BCUT2D eigenvalue weighted by atomic mass is 9.70. The van der Waals surface area contributed by atoms with Crippen LogP contribution in [-0.4, -0.2) is 0 Å². The molecule has 2 heteroatoms. The average Bonchev–Trinajstić information content (AvgIpc) is 4.03. The van der Waals surface area contributed by atoms with E-state index in [0.29, 0.717) is 0 Å². The Morgan fingerprint density at radius 1 is 0.219 bits per heavy atom. The van der Waals surface area contributed by atoms with Crippen molar-refractivity contribution in [2.24, 2.45) is 0 Å². The summed E-state index contributed by atoms with van der Waals surface area (Å²) in [4.78, 5) is 0. The van der Waals surface area contributed by atoms with Crippen LogP contribution in [0.4, 0.5) is 0 Å². The van der Waals surface area contributed by atoms with Crippen LogP contribution in [0.25, 0.3) is 77.9 Å². The van der Waals surface area contributed by atoms with E-state index in [4.69, 9.17) is 23.2 Å². The van der Waals surface area contributed by atoms with E-state index in [9.17, 15) is 0 Å². The molecule has 1 atom stereocenters. The summed E-state index contributed by atoms with van der Waals surface area (Å²) in [6.07, 6.45) is 0. The van der Waals surface area contributed by atoms with Crippen molar-refractivity contribution in [1.82, 2.24) is 0 Å². The fourth-order valence-electron chi connectivity index (χ4n) is 12.6. The fourth-order valence-corrected chi connectivity index (χ4v) is 12.9. The van der Waals surface area contributed by atoms with E-state index in [0.717, 1.165) is 10.0 Å². The molecule has 0 aromatic heterocycles. The first-order valence-corrected chi connectivity index (χ1v) is 22.8. The van der Waals surface area contributed by atoms with Crippen LogP contribution in [0.2, 0.25) is 10.0 Å². The molecule has 298 valence electrons. The Labute approximate surface area is 382 Å². The second kappa shape index (κ2) is 13.2. The van der Waals surface area contributed by atoms with Crippen LogP contribution in [-0.2, 0) is 10.8 Å². The van der Waals surface area contributed by atoms with Crippen molar-refractivity contribution in [2.45, 2.75) is 10.8 Å². The topological polar surface area (TPSA) is 0 Å². The summed E-state index contributed by atoms with van der Waals surface area (Å²) < 4.78 is 0. The maximum Gasteiger partial charge on any atom is 0.0726 e. The Bertz CT molecular complexity index is 3590. The van der Waals surface area contributed by atoms with Gasteiger partial charge in [0.2, 0.25) is 0 Å². The number of hydrogen-bond donors (Lipinski definition) is 0. The Balaban J connectivity index is 0.957. The molecule has 64 heavy (non-hydrogen) atoms. The first kappa shape index (κ1) is 36.3. The van der Waals surface area contributed by atoms with Gasteiger partial charge < -0.3 is 0 Å². The molecule has 4 aliphatic carbocycles. The highest BCUT2D eigenvalue weighted by Crippen LogP contribution is 2.67. The van der Waals surface area contributed by atoms with Crippen LogP contribution < -0.4 is 0 Å². The third-order valence-corrected chi connectivity index (χ3v) is 15.3. The summed E-state index contributed by atoms with van der Waals surface area (Å²) in [5, 5.41) is 1.50. The van der Waals surface area contributed by atoms with Crippen LogP contribution in [0.3, 0.4) is 0 Å². The van der Waals surface area contributed by atoms with Gasteiger partial charge in [-0.3, -0.25) is 0 Å². The van der Waals surface area contributed by atoms with Gasteiger partial charge in [-0.05, 0) is 147 Å². The van der Waals surface area contributed by atoms with Gasteiger partial charge in [0.25, 0.3) is 0 Å². The number of hydrogen-bond acceptors (Lipinski definition) is 0. The highest BCUT2D eigenvalue weighted by molar-refractivity contribution is 6.31. The highest BCUT2D eigenvalue weighted by Gasteiger charge is 2.54. The zero-order chi connectivity index (χ0) is 42.3. The first-order valence-electron chi connectivity index (χ1n) is 22.1. The summed E-state index contributed by atoms with van der Waals surface area (Å²) in [5.41, 5.74) is 26.7. The minimum absolute atomic E-state index is 0.462. The van der Waals surface area contributed by atoms with Gasteiger partial charge in [0.15, 0.2) is 0 Å².